The third-order valence-corrected chi connectivity index (χ3v) is 9.24. The van der Waals surface area contributed by atoms with Gasteiger partial charge in [-0.1, -0.05) is 19.1 Å². The van der Waals surface area contributed by atoms with Gasteiger partial charge < -0.3 is 9.80 Å². The molecule has 5 rings (SSSR count). The number of benzene rings is 1. The molecule has 2 aromatic rings. The summed E-state index contributed by atoms with van der Waals surface area (Å²) in [5, 5.41) is 9.46. The number of piperidine rings is 2. The average molecular weight is 481 g/mol. The minimum atomic E-state index is -3.81. The van der Waals surface area contributed by atoms with Crippen molar-refractivity contribution in [2.45, 2.75) is 56.9 Å². The predicted octanol–water partition coefficient (Wildman–Crippen LogP) is 3.32. The number of rotatable bonds is 4. The Morgan fingerprint density at radius 3 is 2.44 bits per heavy atom. The summed E-state index contributed by atoms with van der Waals surface area (Å²) in [4.78, 5) is 14.7. The molecule has 34 heavy (non-hydrogen) atoms. The van der Waals surface area contributed by atoms with Crippen LogP contribution in [0.1, 0.15) is 55.8 Å². The van der Waals surface area contributed by atoms with Crippen molar-refractivity contribution in [1.82, 2.24) is 14.3 Å². The standard InChI is InChI=1S/C25H32N6O2S/c1-19-9-14-29(15-10-19)24-21-18-31(34(32,33)23-8-4-3-7-20(23)17-26)16-11-22(21)27-25(28-24)30-12-5-2-6-13-30/h3-4,7-8,19H,2,5-6,9-16,18H2,1H3. The van der Waals surface area contributed by atoms with Gasteiger partial charge in [-0.05, 0) is 50.2 Å². The average Bonchev–Trinajstić information content (AvgIpc) is 2.88. The molecule has 0 spiro atoms. The third kappa shape index (κ3) is 4.37. The van der Waals surface area contributed by atoms with E-state index in [-0.39, 0.29) is 17.0 Å². The van der Waals surface area contributed by atoms with Gasteiger partial charge in [0.25, 0.3) is 0 Å². The molecular formula is C25H32N6O2S. The van der Waals surface area contributed by atoms with Crippen molar-refractivity contribution >= 4 is 21.8 Å². The zero-order valence-corrected chi connectivity index (χ0v) is 20.6. The molecule has 3 aliphatic rings. The van der Waals surface area contributed by atoms with Gasteiger partial charge in [-0.25, -0.2) is 13.4 Å². The lowest BCUT2D eigenvalue weighted by atomic mass is 9.98. The van der Waals surface area contributed by atoms with Gasteiger partial charge in [0.1, 0.15) is 11.9 Å². The fraction of sp³-hybridized carbons (Fsp3) is 0.560. The van der Waals surface area contributed by atoms with E-state index in [1.165, 1.54) is 16.8 Å². The maximum absolute atomic E-state index is 13.5. The molecule has 0 amide bonds. The highest BCUT2D eigenvalue weighted by Gasteiger charge is 2.34. The Bertz CT molecular complexity index is 1190. The molecule has 8 nitrogen and oxygen atoms in total. The predicted molar refractivity (Wildman–Crippen MR) is 131 cm³/mol. The largest absolute Gasteiger partial charge is 0.356 e. The molecule has 0 aliphatic carbocycles. The number of anilines is 2. The van der Waals surface area contributed by atoms with Crippen molar-refractivity contribution in [3.05, 3.63) is 41.1 Å². The van der Waals surface area contributed by atoms with Crippen LogP contribution in [-0.4, -0.2) is 55.4 Å². The minimum absolute atomic E-state index is 0.0696. The molecule has 0 unspecified atom stereocenters. The second-order valence-electron chi connectivity index (χ2n) is 9.69. The van der Waals surface area contributed by atoms with Crippen LogP contribution in [0.3, 0.4) is 0 Å². The monoisotopic (exact) mass is 480 g/mol. The van der Waals surface area contributed by atoms with Gasteiger partial charge in [0, 0.05) is 51.3 Å². The Hall–Kier alpha value is -2.70. The molecule has 180 valence electrons. The molecule has 0 radical (unpaired) electrons. The van der Waals surface area contributed by atoms with Gasteiger partial charge in [-0.15, -0.1) is 0 Å². The van der Waals surface area contributed by atoms with Crippen molar-refractivity contribution in [3.8, 4) is 6.07 Å². The molecule has 3 aliphatic heterocycles. The van der Waals surface area contributed by atoms with Crippen LogP contribution in [0.2, 0.25) is 0 Å². The molecule has 0 N–H and O–H groups in total. The maximum Gasteiger partial charge on any atom is 0.244 e. The maximum atomic E-state index is 13.5. The van der Waals surface area contributed by atoms with E-state index in [1.54, 1.807) is 18.2 Å². The minimum Gasteiger partial charge on any atom is -0.356 e. The Kier molecular flexibility index (Phi) is 6.45. The van der Waals surface area contributed by atoms with Crippen molar-refractivity contribution in [2.24, 2.45) is 5.92 Å². The Labute approximate surface area is 202 Å². The lowest BCUT2D eigenvalue weighted by Gasteiger charge is -2.37. The first-order valence-corrected chi connectivity index (χ1v) is 13.8. The molecule has 1 aromatic carbocycles. The summed E-state index contributed by atoms with van der Waals surface area (Å²) >= 11 is 0. The van der Waals surface area contributed by atoms with Crippen LogP contribution in [0.15, 0.2) is 29.2 Å². The Morgan fingerprint density at radius 2 is 1.71 bits per heavy atom. The topological polar surface area (TPSA) is 93.4 Å². The first-order valence-electron chi connectivity index (χ1n) is 12.4. The van der Waals surface area contributed by atoms with Gasteiger partial charge >= 0.3 is 0 Å². The van der Waals surface area contributed by atoms with Crippen LogP contribution in [0.5, 0.6) is 0 Å². The van der Waals surface area contributed by atoms with Crippen LogP contribution >= 0.6 is 0 Å². The molecule has 4 heterocycles. The first kappa shape index (κ1) is 23.1. The van der Waals surface area contributed by atoms with E-state index in [0.717, 1.165) is 74.9 Å². The van der Waals surface area contributed by atoms with Crippen LogP contribution in [0.25, 0.3) is 0 Å². The van der Waals surface area contributed by atoms with Gasteiger partial charge in [-0.3, -0.25) is 0 Å². The molecule has 2 saturated heterocycles. The summed E-state index contributed by atoms with van der Waals surface area (Å²) in [5.41, 5.74) is 2.05. The second-order valence-corrected chi connectivity index (χ2v) is 11.6. The Morgan fingerprint density at radius 1 is 0.971 bits per heavy atom. The van der Waals surface area contributed by atoms with E-state index in [1.807, 2.05) is 6.07 Å². The zero-order valence-electron chi connectivity index (χ0n) is 19.8. The second kappa shape index (κ2) is 9.51. The van der Waals surface area contributed by atoms with E-state index < -0.39 is 10.0 Å². The van der Waals surface area contributed by atoms with Crippen LogP contribution in [0.4, 0.5) is 11.8 Å². The summed E-state index contributed by atoms with van der Waals surface area (Å²) in [7, 11) is -3.81. The van der Waals surface area contributed by atoms with E-state index in [4.69, 9.17) is 9.97 Å². The molecule has 0 atom stereocenters. The van der Waals surface area contributed by atoms with Crippen molar-refractivity contribution in [1.29, 1.82) is 5.26 Å². The van der Waals surface area contributed by atoms with E-state index in [9.17, 15) is 13.7 Å². The van der Waals surface area contributed by atoms with Gasteiger partial charge in [0.15, 0.2) is 0 Å². The van der Waals surface area contributed by atoms with Crippen LogP contribution < -0.4 is 9.80 Å². The highest BCUT2D eigenvalue weighted by Crippen LogP contribution is 2.34. The van der Waals surface area contributed by atoms with E-state index in [0.29, 0.717) is 18.9 Å². The number of hydrogen-bond donors (Lipinski definition) is 0. The fourth-order valence-corrected chi connectivity index (χ4v) is 6.76. The van der Waals surface area contributed by atoms with E-state index in [2.05, 4.69) is 16.7 Å². The quantitative estimate of drug-likeness (QED) is 0.663. The summed E-state index contributed by atoms with van der Waals surface area (Å²) in [5.74, 6) is 2.37. The first-order chi connectivity index (χ1) is 16.5. The summed E-state index contributed by atoms with van der Waals surface area (Å²) in [6, 6.07) is 8.46. The zero-order chi connectivity index (χ0) is 23.7. The van der Waals surface area contributed by atoms with Crippen molar-refractivity contribution in [3.63, 3.8) is 0 Å². The molecule has 1 aromatic heterocycles. The molecule has 2 fully saturated rings. The Balaban J connectivity index is 1.52. The number of nitrogens with zero attached hydrogens (tertiary/aromatic N) is 6. The fourth-order valence-electron chi connectivity index (χ4n) is 5.20. The SMILES string of the molecule is CC1CCN(c2nc(N3CCCCC3)nc3c2CN(S(=O)(=O)c2ccccc2C#N)CC3)CC1. The summed E-state index contributed by atoms with van der Waals surface area (Å²) < 4.78 is 28.6. The van der Waals surface area contributed by atoms with Gasteiger partial charge in [0.05, 0.1) is 16.2 Å². The molecule has 9 heteroatoms. The highest BCUT2D eigenvalue weighted by atomic mass is 32.2. The number of nitriles is 1. The normalized spacial score (nSPS) is 20.1. The number of aromatic nitrogens is 2. The highest BCUT2D eigenvalue weighted by molar-refractivity contribution is 7.89. The van der Waals surface area contributed by atoms with Crippen molar-refractivity contribution < 1.29 is 8.42 Å². The van der Waals surface area contributed by atoms with Gasteiger partial charge in [0.2, 0.25) is 16.0 Å². The van der Waals surface area contributed by atoms with Crippen LogP contribution in [-0.2, 0) is 23.0 Å². The lowest BCUT2D eigenvalue weighted by Crippen LogP contribution is -2.41. The molecule has 0 bridgehead atoms. The number of sulfonamides is 1. The number of fused-ring (bicyclic) bond motifs is 1. The smallest absolute Gasteiger partial charge is 0.244 e. The third-order valence-electron chi connectivity index (χ3n) is 7.34. The van der Waals surface area contributed by atoms with Gasteiger partial charge in [-0.2, -0.15) is 14.6 Å². The molecular weight excluding hydrogens is 448 g/mol. The summed E-state index contributed by atoms with van der Waals surface area (Å²) in [6.07, 6.45) is 6.31. The summed E-state index contributed by atoms with van der Waals surface area (Å²) in [6.45, 7) is 6.66. The molecule has 0 saturated carbocycles. The number of hydrogen-bond acceptors (Lipinski definition) is 7. The van der Waals surface area contributed by atoms with E-state index >= 15 is 0 Å². The lowest BCUT2D eigenvalue weighted by molar-refractivity contribution is 0.383. The van der Waals surface area contributed by atoms with Crippen LogP contribution in [0, 0.1) is 17.2 Å². The van der Waals surface area contributed by atoms with Crippen molar-refractivity contribution in [2.75, 3.05) is 42.5 Å².